The highest BCUT2D eigenvalue weighted by Crippen LogP contribution is 2.34. The third-order valence-corrected chi connectivity index (χ3v) is 7.82. The van der Waals surface area contributed by atoms with Gasteiger partial charge in [0.15, 0.2) is 0 Å². The molecule has 0 saturated carbocycles. The number of halogens is 3. The van der Waals surface area contributed by atoms with E-state index in [9.17, 15) is 22.8 Å². The standard InChI is InChI=1S/C31H32F3N3O3/c1-3-26-17-24(16-20(2)35-26)30(39)36-14-12-22-18-37(19-23(22)13-15-36)29(38)21-4-8-27(9-5-21)40-28-10-6-25(7-11-28)31(32,33)34/h4-11,16-17,22-23H,3,12-15,18-19H2,1-2H3/t22-,23+. The Morgan fingerprint density at radius 2 is 1.40 bits per heavy atom. The van der Waals surface area contributed by atoms with E-state index in [-0.39, 0.29) is 17.6 Å². The number of likely N-dealkylation sites (tertiary alicyclic amines) is 2. The predicted molar refractivity (Wildman–Crippen MR) is 144 cm³/mol. The summed E-state index contributed by atoms with van der Waals surface area (Å²) in [5, 5.41) is 0. The average Bonchev–Trinajstić information content (AvgIpc) is 3.25. The van der Waals surface area contributed by atoms with Gasteiger partial charge in [-0.15, -0.1) is 0 Å². The van der Waals surface area contributed by atoms with E-state index in [0.29, 0.717) is 54.9 Å². The molecule has 6 nitrogen and oxygen atoms in total. The van der Waals surface area contributed by atoms with Gasteiger partial charge in [-0.1, -0.05) is 6.92 Å². The van der Waals surface area contributed by atoms with E-state index in [1.54, 1.807) is 24.3 Å². The number of carbonyl (C=O) groups excluding carboxylic acids is 2. The topological polar surface area (TPSA) is 62.7 Å². The number of nitrogens with zero attached hydrogens (tertiary/aromatic N) is 3. The molecule has 0 N–H and O–H groups in total. The Balaban J connectivity index is 1.16. The lowest BCUT2D eigenvalue weighted by atomic mass is 9.92. The summed E-state index contributed by atoms with van der Waals surface area (Å²) < 4.78 is 43.9. The van der Waals surface area contributed by atoms with E-state index in [1.807, 2.05) is 35.8 Å². The molecule has 0 radical (unpaired) electrons. The summed E-state index contributed by atoms with van der Waals surface area (Å²) in [5.74, 6) is 1.39. The second kappa shape index (κ2) is 11.3. The summed E-state index contributed by atoms with van der Waals surface area (Å²) >= 11 is 0. The van der Waals surface area contributed by atoms with Gasteiger partial charge in [-0.05, 0) is 98.7 Å². The van der Waals surface area contributed by atoms with Crippen molar-refractivity contribution in [3.8, 4) is 11.5 Å². The number of aryl methyl sites for hydroxylation is 2. The Bertz CT molecular complexity index is 1360. The molecule has 2 amide bonds. The number of rotatable bonds is 5. The molecule has 2 aromatic carbocycles. The second-order valence-electron chi connectivity index (χ2n) is 10.6. The van der Waals surface area contributed by atoms with Crippen molar-refractivity contribution >= 4 is 11.8 Å². The van der Waals surface area contributed by atoms with Crippen molar-refractivity contribution in [1.82, 2.24) is 14.8 Å². The van der Waals surface area contributed by atoms with Crippen molar-refractivity contribution < 1.29 is 27.5 Å². The third kappa shape index (κ3) is 6.13. The zero-order valence-corrected chi connectivity index (χ0v) is 22.6. The smallest absolute Gasteiger partial charge is 0.416 e. The zero-order chi connectivity index (χ0) is 28.4. The van der Waals surface area contributed by atoms with Crippen LogP contribution in [0.1, 0.15) is 57.4 Å². The van der Waals surface area contributed by atoms with Crippen LogP contribution in [0.4, 0.5) is 13.2 Å². The van der Waals surface area contributed by atoms with E-state index in [2.05, 4.69) is 4.98 Å². The molecular weight excluding hydrogens is 519 g/mol. The van der Waals surface area contributed by atoms with Gasteiger partial charge in [-0.3, -0.25) is 14.6 Å². The lowest BCUT2D eigenvalue weighted by Gasteiger charge is -2.23. The number of ether oxygens (including phenoxy) is 1. The molecule has 2 aliphatic rings. The van der Waals surface area contributed by atoms with Gasteiger partial charge in [0.25, 0.3) is 11.8 Å². The van der Waals surface area contributed by atoms with E-state index in [4.69, 9.17) is 4.74 Å². The van der Waals surface area contributed by atoms with Crippen LogP contribution in [-0.2, 0) is 12.6 Å². The second-order valence-corrected chi connectivity index (χ2v) is 10.6. The van der Waals surface area contributed by atoms with Crippen LogP contribution in [0.3, 0.4) is 0 Å². The monoisotopic (exact) mass is 551 g/mol. The summed E-state index contributed by atoms with van der Waals surface area (Å²) in [6.07, 6.45) is -1.91. The summed E-state index contributed by atoms with van der Waals surface area (Å²) in [5.41, 5.74) is 2.26. The van der Waals surface area contributed by atoms with Crippen molar-refractivity contribution in [2.75, 3.05) is 26.2 Å². The first-order valence-electron chi connectivity index (χ1n) is 13.6. The van der Waals surface area contributed by atoms with Crippen molar-refractivity contribution in [3.05, 3.63) is 88.7 Å². The zero-order valence-electron chi connectivity index (χ0n) is 22.6. The molecule has 2 saturated heterocycles. The first kappa shape index (κ1) is 27.7. The van der Waals surface area contributed by atoms with Crippen LogP contribution in [0, 0.1) is 18.8 Å². The number of fused-ring (bicyclic) bond motifs is 1. The van der Waals surface area contributed by atoms with Crippen LogP contribution in [-0.4, -0.2) is 52.8 Å². The third-order valence-electron chi connectivity index (χ3n) is 7.82. The summed E-state index contributed by atoms with van der Waals surface area (Å²) in [4.78, 5) is 34.8. The Labute approximate surface area is 231 Å². The van der Waals surface area contributed by atoms with Crippen LogP contribution < -0.4 is 4.74 Å². The van der Waals surface area contributed by atoms with E-state index in [1.165, 1.54) is 12.1 Å². The molecule has 2 aliphatic heterocycles. The van der Waals surface area contributed by atoms with E-state index < -0.39 is 11.7 Å². The van der Waals surface area contributed by atoms with Gasteiger partial charge in [-0.2, -0.15) is 13.2 Å². The van der Waals surface area contributed by atoms with E-state index >= 15 is 0 Å². The number of aromatic nitrogens is 1. The maximum atomic E-state index is 13.2. The minimum Gasteiger partial charge on any atom is -0.457 e. The number of alkyl halides is 3. The van der Waals surface area contributed by atoms with Crippen molar-refractivity contribution in [1.29, 1.82) is 0 Å². The number of carbonyl (C=O) groups is 2. The number of benzene rings is 2. The number of hydrogen-bond acceptors (Lipinski definition) is 4. The Morgan fingerprint density at radius 3 is 1.95 bits per heavy atom. The van der Waals surface area contributed by atoms with Crippen LogP contribution in [0.25, 0.3) is 0 Å². The lowest BCUT2D eigenvalue weighted by molar-refractivity contribution is -0.137. The first-order chi connectivity index (χ1) is 19.1. The molecule has 2 fully saturated rings. The molecule has 210 valence electrons. The quantitative estimate of drug-likeness (QED) is 0.369. The van der Waals surface area contributed by atoms with Crippen molar-refractivity contribution in [2.45, 2.75) is 39.3 Å². The van der Waals surface area contributed by atoms with Crippen LogP contribution >= 0.6 is 0 Å². The Kier molecular flexibility index (Phi) is 7.83. The molecule has 40 heavy (non-hydrogen) atoms. The molecular formula is C31H32F3N3O3. The van der Waals surface area contributed by atoms with Gasteiger partial charge in [0.05, 0.1) is 5.56 Å². The normalized spacial score (nSPS) is 19.2. The van der Waals surface area contributed by atoms with Crippen molar-refractivity contribution in [2.24, 2.45) is 11.8 Å². The highest BCUT2D eigenvalue weighted by atomic mass is 19.4. The molecule has 0 bridgehead atoms. The number of pyridine rings is 1. The minimum atomic E-state index is -4.40. The Hall–Kier alpha value is -3.88. The van der Waals surface area contributed by atoms with Gasteiger partial charge in [-0.25, -0.2) is 0 Å². The summed E-state index contributed by atoms with van der Waals surface area (Å²) in [6.45, 7) is 6.59. The summed E-state index contributed by atoms with van der Waals surface area (Å²) in [6, 6.07) is 14.9. The number of hydrogen-bond donors (Lipinski definition) is 0. The Morgan fingerprint density at radius 1 is 0.850 bits per heavy atom. The summed E-state index contributed by atoms with van der Waals surface area (Å²) in [7, 11) is 0. The van der Waals surface area contributed by atoms with Crippen LogP contribution in [0.2, 0.25) is 0 Å². The van der Waals surface area contributed by atoms with Gasteiger partial charge in [0.1, 0.15) is 11.5 Å². The fourth-order valence-corrected chi connectivity index (χ4v) is 5.64. The van der Waals surface area contributed by atoms with Crippen LogP contribution in [0.5, 0.6) is 11.5 Å². The van der Waals surface area contributed by atoms with Gasteiger partial charge < -0.3 is 14.5 Å². The maximum Gasteiger partial charge on any atom is 0.416 e. The number of amides is 2. The van der Waals surface area contributed by atoms with Gasteiger partial charge in [0, 0.05) is 48.7 Å². The fraction of sp³-hybridized carbons (Fsp3) is 0.387. The maximum absolute atomic E-state index is 13.2. The molecule has 3 heterocycles. The van der Waals surface area contributed by atoms with Crippen molar-refractivity contribution in [3.63, 3.8) is 0 Å². The largest absolute Gasteiger partial charge is 0.457 e. The molecule has 1 aromatic heterocycles. The minimum absolute atomic E-state index is 0.0479. The predicted octanol–water partition coefficient (Wildman–Crippen LogP) is 6.39. The SMILES string of the molecule is CCc1cc(C(=O)N2CC[C@@H]3CN(C(=O)c4ccc(Oc5ccc(C(F)(F)F)cc5)cc4)C[C@@H]3CC2)cc(C)n1. The fourth-order valence-electron chi connectivity index (χ4n) is 5.64. The van der Waals surface area contributed by atoms with Gasteiger partial charge in [0.2, 0.25) is 0 Å². The van der Waals surface area contributed by atoms with Crippen LogP contribution in [0.15, 0.2) is 60.7 Å². The highest BCUT2D eigenvalue weighted by molar-refractivity contribution is 5.95. The lowest BCUT2D eigenvalue weighted by Crippen LogP contribution is -2.34. The van der Waals surface area contributed by atoms with E-state index in [0.717, 1.165) is 42.8 Å². The average molecular weight is 552 g/mol. The molecule has 0 aliphatic carbocycles. The highest BCUT2D eigenvalue weighted by Gasteiger charge is 2.38. The first-order valence-corrected chi connectivity index (χ1v) is 13.6. The molecule has 9 heteroatoms. The molecule has 5 rings (SSSR count). The molecule has 2 atom stereocenters. The van der Waals surface area contributed by atoms with Gasteiger partial charge >= 0.3 is 6.18 Å². The molecule has 0 unspecified atom stereocenters. The molecule has 3 aromatic rings. The molecule has 0 spiro atoms.